The smallest absolute Gasteiger partial charge is 0.316 e. The van der Waals surface area contributed by atoms with Gasteiger partial charge in [0.2, 0.25) is 5.91 Å². The van der Waals surface area contributed by atoms with Gasteiger partial charge in [0.05, 0.1) is 5.69 Å². The summed E-state index contributed by atoms with van der Waals surface area (Å²) in [5.41, 5.74) is 7.94. The molecule has 2 aromatic rings. The van der Waals surface area contributed by atoms with E-state index in [0.717, 1.165) is 4.90 Å². The second kappa shape index (κ2) is 5.14. The fraction of sp³-hybridized carbons (Fsp3) is 0.188. The Hall–Kier alpha value is -2.34. The Morgan fingerprint density at radius 3 is 2.27 bits per heavy atom. The van der Waals surface area contributed by atoms with Gasteiger partial charge in [0, 0.05) is 5.56 Å². The molecule has 2 aromatic carbocycles. The molecule has 0 radical (unpaired) electrons. The van der Waals surface area contributed by atoms with E-state index < -0.39 is 24.7 Å². The van der Waals surface area contributed by atoms with E-state index in [1.807, 2.05) is 0 Å². The number of anilines is 1. The molecule has 0 spiro atoms. The Morgan fingerprint density at radius 1 is 1.00 bits per heavy atom. The van der Waals surface area contributed by atoms with E-state index in [1.165, 1.54) is 6.07 Å². The van der Waals surface area contributed by atoms with Crippen LogP contribution >= 0.6 is 0 Å². The summed E-state index contributed by atoms with van der Waals surface area (Å²) in [6, 6.07) is 12.3. The number of para-hydroxylation sites is 1. The standard InChI is InChI=1S/C16H13F3N2O/c17-16(18,19)9-21-13-8-4-3-6-11(13)10-5-1-2-7-12(10)14(20)15(21)22/h1-8,14H,9,20H2. The van der Waals surface area contributed by atoms with E-state index in [0.29, 0.717) is 16.7 Å². The highest BCUT2D eigenvalue weighted by molar-refractivity contribution is 6.04. The highest BCUT2D eigenvalue weighted by atomic mass is 19.4. The third kappa shape index (κ3) is 2.46. The van der Waals surface area contributed by atoms with Crippen LogP contribution in [0.2, 0.25) is 0 Å². The predicted octanol–water partition coefficient (Wildman–Crippen LogP) is 3.26. The van der Waals surface area contributed by atoms with Crippen molar-refractivity contribution in [1.82, 2.24) is 0 Å². The minimum Gasteiger partial charge on any atom is -0.316 e. The third-order valence-corrected chi connectivity index (χ3v) is 3.65. The van der Waals surface area contributed by atoms with E-state index >= 15 is 0 Å². The molecule has 6 heteroatoms. The molecule has 1 aliphatic rings. The number of nitrogens with zero attached hydrogens (tertiary/aromatic N) is 1. The Labute approximate surface area is 125 Å². The fourth-order valence-electron chi connectivity index (χ4n) is 2.71. The summed E-state index contributed by atoms with van der Waals surface area (Å²) in [5, 5.41) is 0. The quantitative estimate of drug-likeness (QED) is 0.879. The zero-order chi connectivity index (χ0) is 15.9. The topological polar surface area (TPSA) is 46.3 Å². The number of alkyl halides is 3. The van der Waals surface area contributed by atoms with Crippen LogP contribution in [0.25, 0.3) is 11.1 Å². The molecule has 0 saturated heterocycles. The molecule has 0 fully saturated rings. The highest BCUT2D eigenvalue weighted by Gasteiger charge is 2.38. The van der Waals surface area contributed by atoms with Crippen LogP contribution in [0.4, 0.5) is 18.9 Å². The molecule has 1 unspecified atom stereocenters. The Balaban J connectivity index is 2.23. The molecule has 0 aliphatic carbocycles. The molecule has 1 atom stereocenters. The highest BCUT2D eigenvalue weighted by Crippen LogP contribution is 2.40. The van der Waals surface area contributed by atoms with Gasteiger partial charge < -0.3 is 10.6 Å². The van der Waals surface area contributed by atoms with Gasteiger partial charge in [-0.3, -0.25) is 4.79 Å². The number of carbonyl (C=O) groups is 1. The summed E-state index contributed by atoms with van der Waals surface area (Å²) in [6.45, 7) is -1.36. The summed E-state index contributed by atoms with van der Waals surface area (Å²) in [4.78, 5) is 13.2. The van der Waals surface area contributed by atoms with Crippen molar-refractivity contribution in [1.29, 1.82) is 0 Å². The van der Waals surface area contributed by atoms with Gasteiger partial charge in [-0.2, -0.15) is 13.2 Å². The molecule has 2 N–H and O–H groups in total. The number of hydrogen-bond donors (Lipinski definition) is 1. The zero-order valence-electron chi connectivity index (χ0n) is 11.5. The maximum absolute atomic E-state index is 12.9. The molecule has 1 aliphatic heterocycles. The molecule has 22 heavy (non-hydrogen) atoms. The molecule has 0 aromatic heterocycles. The predicted molar refractivity (Wildman–Crippen MR) is 77.2 cm³/mol. The van der Waals surface area contributed by atoms with Crippen LogP contribution < -0.4 is 10.6 Å². The van der Waals surface area contributed by atoms with Crippen LogP contribution in [0.5, 0.6) is 0 Å². The lowest BCUT2D eigenvalue weighted by Gasteiger charge is -2.25. The lowest BCUT2D eigenvalue weighted by Crippen LogP contribution is -2.43. The van der Waals surface area contributed by atoms with Gasteiger partial charge >= 0.3 is 6.18 Å². The first kappa shape index (κ1) is 14.6. The average Bonchev–Trinajstić information content (AvgIpc) is 2.57. The first-order chi connectivity index (χ1) is 10.4. The number of rotatable bonds is 1. The first-order valence-corrected chi connectivity index (χ1v) is 6.70. The summed E-state index contributed by atoms with van der Waals surface area (Å²) in [7, 11) is 0. The van der Waals surface area contributed by atoms with Gasteiger partial charge in [0.25, 0.3) is 0 Å². The van der Waals surface area contributed by atoms with E-state index in [-0.39, 0.29) is 5.69 Å². The number of carbonyl (C=O) groups excluding carboxylic acids is 1. The second-order valence-electron chi connectivity index (χ2n) is 5.12. The molecule has 3 nitrogen and oxygen atoms in total. The van der Waals surface area contributed by atoms with Crippen LogP contribution in [-0.2, 0) is 4.79 Å². The van der Waals surface area contributed by atoms with Gasteiger partial charge in [0.1, 0.15) is 12.6 Å². The minimum absolute atomic E-state index is 0.227. The van der Waals surface area contributed by atoms with E-state index in [2.05, 4.69) is 0 Å². The van der Waals surface area contributed by atoms with Crippen molar-refractivity contribution in [3.63, 3.8) is 0 Å². The van der Waals surface area contributed by atoms with Crippen molar-refractivity contribution in [2.75, 3.05) is 11.4 Å². The zero-order valence-corrected chi connectivity index (χ0v) is 11.5. The molecule has 114 valence electrons. The molecular weight excluding hydrogens is 293 g/mol. The monoisotopic (exact) mass is 306 g/mol. The number of halogens is 3. The molecule has 1 heterocycles. The maximum atomic E-state index is 12.9. The largest absolute Gasteiger partial charge is 0.406 e. The molecule has 0 bridgehead atoms. The Kier molecular flexibility index (Phi) is 3.41. The number of fused-ring (bicyclic) bond motifs is 3. The van der Waals surface area contributed by atoms with Crippen LogP contribution in [0.1, 0.15) is 11.6 Å². The van der Waals surface area contributed by atoms with Crippen molar-refractivity contribution in [2.24, 2.45) is 5.73 Å². The van der Waals surface area contributed by atoms with Crippen LogP contribution in [-0.4, -0.2) is 18.6 Å². The number of nitrogens with two attached hydrogens (primary N) is 1. The lowest BCUT2D eigenvalue weighted by molar-refractivity contribution is -0.133. The van der Waals surface area contributed by atoms with Crippen LogP contribution in [0.15, 0.2) is 48.5 Å². The van der Waals surface area contributed by atoms with E-state index in [1.54, 1.807) is 42.5 Å². The molecule has 1 amide bonds. The molecule has 3 rings (SSSR count). The second-order valence-corrected chi connectivity index (χ2v) is 5.12. The van der Waals surface area contributed by atoms with Crippen molar-refractivity contribution in [3.8, 4) is 11.1 Å². The normalized spacial score (nSPS) is 17.7. The summed E-state index contributed by atoms with van der Waals surface area (Å²) < 4.78 is 38.6. The number of hydrogen-bond acceptors (Lipinski definition) is 2. The minimum atomic E-state index is -4.50. The Bertz CT molecular complexity index is 727. The fourth-order valence-corrected chi connectivity index (χ4v) is 2.71. The van der Waals surface area contributed by atoms with Gasteiger partial charge in [0.15, 0.2) is 0 Å². The first-order valence-electron chi connectivity index (χ1n) is 6.70. The van der Waals surface area contributed by atoms with Gasteiger partial charge in [-0.05, 0) is 17.2 Å². The number of benzene rings is 2. The van der Waals surface area contributed by atoms with Gasteiger partial charge in [-0.15, -0.1) is 0 Å². The lowest BCUT2D eigenvalue weighted by atomic mass is 9.96. The van der Waals surface area contributed by atoms with Crippen molar-refractivity contribution in [2.45, 2.75) is 12.2 Å². The summed E-state index contributed by atoms with van der Waals surface area (Å²) in [5.74, 6) is -0.755. The number of amides is 1. The molecule has 0 saturated carbocycles. The van der Waals surface area contributed by atoms with E-state index in [9.17, 15) is 18.0 Å². The molecular formula is C16H13F3N2O. The van der Waals surface area contributed by atoms with Crippen LogP contribution in [0.3, 0.4) is 0 Å². The van der Waals surface area contributed by atoms with Crippen molar-refractivity contribution in [3.05, 3.63) is 54.1 Å². The SMILES string of the molecule is NC1C(=O)N(CC(F)(F)F)c2ccccc2-c2ccccc21. The van der Waals surface area contributed by atoms with Gasteiger partial charge in [-0.1, -0.05) is 42.5 Å². The summed E-state index contributed by atoms with van der Waals surface area (Å²) >= 11 is 0. The van der Waals surface area contributed by atoms with E-state index in [4.69, 9.17) is 5.73 Å². The maximum Gasteiger partial charge on any atom is 0.406 e. The van der Waals surface area contributed by atoms with Crippen molar-refractivity contribution >= 4 is 11.6 Å². The van der Waals surface area contributed by atoms with Gasteiger partial charge in [-0.25, -0.2) is 0 Å². The average molecular weight is 306 g/mol. The summed E-state index contributed by atoms with van der Waals surface area (Å²) in [6.07, 6.45) is -4.50. The van der Waals surface area contributed by atoms with Crippen molar-refractivity contribution < 1.29 is 18.0 Å². The Morgan fingerprint density at radius 2 is 1.59 bits per heavy atom. The van der Waals surface area contributed by atoms with Crippen LogP contribution in [0, 0.1) is 0 Å². The third-order valence-electron chi connectivity index (χ3n) is 3.65.